The Hall–Kier alpha value is -0.610. The van der Waals surface area contributed by atoms with Crippen molar-refractivity contribution in [3.05, 3.63) is 0 Å². The Balaban J connectivity index is 1.37. The molecule has 9 atom stereocenters. The zero-order chi connectivity index (χ0) is 23.9. The first-order chi connectivity index (χ1) is 15.6. The quantitative estimate of drug-likeness (QED) is 0.328. The molecule has 3 unspecified atom stereocenters. The van der Waals surface area contributed by atoms with Crippen LogP contribution >= 0.6 is 0 Å². The van der Waals surface area contributed by atoms with Gasteiger partial charge in [0.05, 0.1) is 6.61 Å². The molecule has 4 aliphatic rings. The highest BCUT2D eigenvalue weighted by molar-refractivity contribution is 5.37. The summed E-state index contributed by atoms with van der Waals surface area (Å²) in [5, 5.41) is 13.0. The van der Waals surface area contributed by atoms with Crippen LogP contribution in [0.3, 0.4) is 0 Å². The molecule has 33 heavy (non-hydrogen) atoms. The molecule has 0 bridgehead atoms. The molecule has 0 saturated heterocycles. The van der Waals surface area contributed by atoms with Crippen LogP contribution in [-0.2, 0) is 9.53 Å². The summed E-state index contributed by atoms with van der Waals surface area (Å²) >= 11 is 0. The van der Waals surface area contributed by atoms with Crippen molar-refractivity contribution in [3.63, 3.8) is 0 Å². The van der Waals surface area contributed by atoms with E-state index in [9.17, 15) is 9.90 Å². The van der Waals surface area contributed by atoms with Crippen LogP contribution in [0, 0.1) is 46.3 Å². The van der Waals surface area contributed by atoms with E-state index < -0.39 is 0 Å². The van der Waals surface area contributed by atoms with Gasteiger partial charge in [0.15, 0.2) is 0 Å². The van der Waals surface area contributed by atoms with E-state index in [4.69, 9.17) is 4.74 Å². The summed E-state index contributed by atoms with van der Waals surface area (Å²) in [5.41, 5.74) is 0.820. The van der Waals surface area contributed by atoms with Gasteiger partial charge in [-0.15, -0.1) is 0 Å². The van der Waals surface area contributed by atoms with Gasteiger partial charge < -0.3 is 15.2 Å². The third kappa shape index (κ3) is 4.77. The second-order valence-electron chi connectivity index (χ2n) is 13.6. The second kappa shape index (κ2) is 9.80. The molecule has 0 aromatic carbocycles. The van der Waals surface area contributed by atoms with Gasteiger partial charge in [-0.1, -0.05) is 20.8 Å². The number of carbonyl (C=O) groups excluding carboxylic acids is 1. The lowest BCUT2D eigenvalue weighted by Crippen LogP contribution is -2.54. The Morgan fingerprint density at radius 3 is 2.52 bits per heavy atom. The Bertz CT molecular complexity index is 680. The monoisotopic (exact) mass is 461 g/mol. The van der Waals surface area contributed by atoms with E-state index >= 15 is 0 Å². The summed E-state index contributed by atoms with van der Waals surface area (Å²) in [6, 6.07) is 0. The number of hydrogen-bond acceptors (Lipinski definition) is 4. The number of aliphatic hydroxyl groups is 1. The van der Waals surface area contributed by atoms with Crippen LogP contribution in [0.25, 0.3) is 0 Å². The van der Waals surface area contributed by atoms with Crippen molar-refractivity contribution >= 4 is 6.47 Å². The Kier molecular flexibility index (Phi) is 7.57. The maximum absolute atomic E-state index is 10.9. The lowest BCUT2D eigenvalue weighted by molar-refractivity contribution is -0.151. The van der Waals surface area contributed by atoms with Crippen molar-refractivity contribution in [1.29, 1.82) is 0 Å². The first-order valence-electron chi connectivity index (χ1n) is 14.1. The Labute approximate surface area is 203 Å². The molecule has 4 fully saturated rings. The minimum Gasteiger partial charge on any atom is -0.465 e. The Morgan fingerprint density at radius 2 is 1.79 bits per heavy atom. The average molecular weight is 462 g/mol. The molecule has 4 saturated carbocycles. The number of hydrogen-bond donors (Lipinski definition) is 2. The molecule has 0 spiro atoms. The number of rotatable bonds is 9. The first kappa shape index (κ1) is 25.5. The molecule has 0 amide bonds. The van der Waals surface area contributed by atoms with Gasteiger partial charge in [0.2, 0.25) is 0 Å². The van der Waals surface area contributed by atoms with Crippen LogP contribution < -0.4 is 5.32 Å². The summed E-state index contributed by atoms with van der Waals surface area (Å²) in [6.45, 7) is 13.8. The summed E-state index contributed by atoms with van der Waals surface area (Å²) in [6.07, 6.45) is 14.5. The minimum atomic E-state index is -0.167. The van der Waals surface area contributed by atoms with Crippen molar-refractivity contribution in [3.8, 4) is 0 Å². The predicted molar refractivity (Wildman–Crippen MR) is 134 cm³/mol. The van der Waals surface area contributed by atoms with Crippen LogP contribution in [-0.4, -0.2) is 36.4 Å². The van der Waals surface area contributed by atoms with Gasteiger partial charge in [0, 0.05) is 5.54 Å². The van der Waals surface area contributed by atoms with Gasteiger partial charge in [0.25, 0.3) is 6.47 Å². The molecule has 0 aromatic rings. The molecule has 0 aromatic heterocycles. The van der Waals surface area contributed by atoms with Crippen molar-refractivity contribution < 1.29 is 14.6 Å². The number of ether oxygens (including phenoxy) is 1. The molecule has 4 rings (SSSR count). The molecule has 0 heterocycles. The van der Waals surface area contributed by atoms with Gasteiger partial charge in [-0.2, -0.15) is 0 Å². The fourth-order valence-corrected chi connectivity index (χ4v) is 9.50. The number of aliphatic hydroxyl groups excluding tert-OH is 1. The van der Waals surface area contributed by atoms with Crippen LogP contribution in [0.1, 0.15) is 105 Å². The predicted octanol–water partition coefficient (Wildman–Crippen LogP) is 5.96. The molecule has 2 N–H and O–H groups in total. The molecule has 0 aliphatic heterocycles. The summed E-state index contributed by atoms with van der Waals surface area (Å²) in [7, 11) is 0. The SMILES string of the molecule is C[C@H](CCCNC(C)(C)CO)[C@H]1CCC2C3CC[C@@H]4C[C@H](OC=O)CC[C@]4(C)C3CC[C@@]21C. The Morgan fingerprint density at radius 1 is 1.06 bits per heavy atom. The smallest absolute Gasteiger partial charge is 0.293 e. The van der Waals surface area contributed by atoms with Crippen LogP contribution in [0.4, 0.5) is 0 Å². The van der Waals surface area contributed by atoms with Gasteiger partial charge in [-0.3, -0.25) is 4.79 Å². The third-order valence-electron chi connectivity index (χ3n) is 11.5. The lowest BCUT2D eigenvalue weighted by Gasteiger charge is -2.61. The highest BCUT2D eigenvalue weighted by atomic mass is 16.5. The molecule has 4 aliphatic carbocycles. The highest BCUT2D eigenvalue weighted by Gasteiger charge is 2.60. The maximum Gasteiger partial charge on any atom is 0.293 e. The average Bonchev–Trinajstić information content (AvgIpc) is 3.14. The fourth-order valence-electron chi connectivity index (χ4n) is 9.50. The minimum absolute atomic E-state index is 0.167. The van der Waals surface area contributed by atoms with E-state index in [2.05, 4.69) is 39.9 Å². The van der Waals surface area contributed by atoms with E-state index in [1.165, 1.54) is 57.8 Å². The van der Waals surface area contributed by atoms with E-state index in [1.807, 2.05) is 0 Å². The second-order valence-corrected chi connectivity index (χ2v) is 13.6. The molecule has 190 valence electrons. The fraction of sp³-hybridized carbons (Fsp3) is 0.966. The zero-order valence-electron chi connectivity index (χ0n) is 22.1. The number of nitrogens with one attached hydrogen (secondary N) is 1. The van der Waals surface area contributed by atoms with E-state index in [-0.39, 0.29) is 18.2 Å². The highest BCUT2D eigenvalue weighted by Crippen LogP contribution is 2.68. The molecular weight excluding hydrogens is 410 g/mol. The summed E-state index contributed by atoms with van der Waals surface area (Å²) < 4.78 is 5.41. The zero-order valence-corrected chi connectivity index (χ0v) is 22.1. The summed E-state index contributed by atoms with van der Waals surface area (Å²) in [4.78, 5) is 10.9. The molecule has 4 nitrogen and oxygen atoms in total. The largest absolute Gasteiger partial charge is 0.465 e. The van der Waals surface area contributed by atoms with Crippen molar-refractivity contribution in [2.24, 2.45) is 46.3 Å². The third-order valence-corrected chi connectivity index (χ3v) is 11.5. The van der Waals surface area contributed by atoms with Crippen LogP contribution in [0.5, 0.6) is 0 Å². The number of carbonyl (C=O) groups is 1. The normalized spacial score (nSPS) is 43.8. The van der Waals surface area contributed by atoms with Gasteiger partial charge in [0.1, 0.15) is 6.10 Å². The van der Waals surface area contributed by atoms with Gasteiger partial charge in [-0.05, 0) is 137 Å². The first-order valence-corrected chi connectivity index (χ1v) is 14.1. The van der Waals surface area contributed by atoms with E-state index in [0.29, 0.717) is 17.3 Å². The standard InChI is InChI=1S/C29H51NO3/c1-20(7-6-16-30-27(2,3)18-31)24-10-11-25-23-9-8-21-17-22(33-19-32)12-14-28(21,4)26(23)13-15-29(24,25)5/h19-26,30-31H,6-18H2,1-5H3/t20-,21-,22-,23?,24-,25?,26?,28+,29-/m1/s1. The topological polar surface area (TPSA) is 58.6 Å². The van der Waals surface area contributed by atoms with Crippen LogP contribution in [0.15, 0.2) is 0 Å². The summed E-state index contributed by atoms with van der Waals surface area (Å²) in [5.74, 6) is 5.11. The van der Waals surface area contributed by atoms with E-state index in [1.54, 1.807) is 0 Å². The van der Waals surface area contributed by atoms with Crippen LogP contribution in [0.2, 0.25) is 0 Å². The van der Waals surface area contributed by atoms with Gasteiger partial charge >= 0.3 is 0 Å². The molecular formula is C29H51NO3. The van der Waals surface area contributed by atoms with Crippen molar-refractivity contribution in [2.75, 3.05) is 13.2 Å². The van der Waals surface area contributed by atoms with Crippen molar-refractivity contribution in [2.45, 2.75) is 117 Å². The maximum atomic E-state index is 10.9. The molecule has 4 heteroatoms. The van der Waals surface area contributed by atoms with Gasteiger partial charge in [-0.25, -0.2) is 0 Å². The molecule has 0 radical (unpaired) electrons. The number of fused-ring (bicyclic) bond motifs is 5. The lowest BCUT2D eigenvalue weighted by atomic mass is 9.44. The van der Waals surface area contributed by atoms with Crippen molar-refractivity contribution in [1.82, 2.24) is 5.32 Å². The van der Waals surface area contributed by atoms with E-state index in [0.717, 1.165) is 54.9 Å².